The van der Waals surface area contributed by atoms with Crippen molar-refractivity contribution in [1.82, 2.24) is 5.32 Å². The molecule has 25 heavy (non-hydrogen) atoms. The van der Waals surface area contributed by atoms with Gasteiger partial charge in [-0.15, -0.1) is 0 Å². The van der Waals surface area contributed by atoms with E-state index in [4.69, 9.17) is 0 Å². The minimum Gasteiger partial charge on any atom is -0.310 e. The highest BCUT2D eigenvalue weighted by molar-refractivity contribution is 5.14. The van der Waals surface area contributed by atoms with E-state index in [1.807, 2.05) is 0 Å². The van der Waals surface area contributed by atoms with Crippen molar-refractivity contribution in [3.63, 3.8) is 0 Å². The summed E-state index contributed by atoms with van der Waals surface area (Å²) in [5, 5.41) is 3.92. The summed E-state index contributed by atoms with van der Waals surface area (Å²) in [5.74, 6) is 1.77. The van der Waals surface area contributed by atoms with Gasteiger partial charge in [0.05, 0.1) is 0 Å². The van der Waals surface area contributed by atoms with Crippen LogP contribution in [-0.2, 0) is 6.54 Å². The second-order valence-electron chi connectivity index (χ2n) is 7.87. The Balaban J connectivity index is 2.63. The Bertz CT molecular complexity index is 382. The summed E-state index contributed by atoms with van der Waals surface area (Å²) in [4.78, 5) is 0. The van der Waals surface area contributed by atoms with Crippen molar-refractivity contribution in [1.29, 1.82) is 0 Å². The maximum Gasteiger partial charge on any atom is 0.0208 e. The van der Waals surface area contributed by atoms with E-state index in [-0.39, 0.29) is 0 Å². The van der Waals surface area contributed by atoms with Gasteiger partial charge in [-0.1, -0.05) is 109 Å². The molecule has 0 bridgehead atoms. The maximum absolute atomic E-state index is 3.92. The summed E-state index contributed by atoms with van der Waals surface area (Å²) >= 11 is 0. The van der Waals surface area contributed by atoms with E-state index in [0.717, 1.165) is 18.4 Å². The van der Waals surface area contributed by atoms with Crippen LogP contribution in [0.25, 0.3) is 0 Å². The Morgan fingerprint density at radius 3 is 1.72 bits per heavy atom. The van der Waals surface area contributed by atoms with Gasteiger partial charge < -0.3 is 5.32 Å². The summed E-state index contributed by atoms with van der Waals surface area (Å²) in [6.07, 6.45) is 13.6. The molecule has 0 fully saturated rings. The van der Waals surface area contributed by atoms with E-state index >= 15 is 0 Å². The predicted molar refractivity (Wildman–Crippen MR) is 113 cm³/mol. The van der Waals surface area contributed by atoms with E-state index in [1.165, 1.54) is 69.8 Å². The molecule has 144 valence electrons. The van der Waals surface area contributed by atoms with Crippen LogP contribution >= 0.6 is 0 Å². The third-order valence-electron chi connectivity index (χ3n) is 5.76. The van der Waals surface area contributed by atoms with Crippen molar-refractivity contribution in [3.05, 3.63) is 35.9 Å². The van der Waals surface area contributed by atoms with Crippen molar-refractivity contribution < 1.29 is 0 Å². The van der Waals surface area contributed by atoms with Crippen LogP contribution in [0.15, 0.2) is 30.3 Å². The Kier molecular flexibility index (Phi) is 12.8. The molecular formula is C24H43N. The van der Waals surface area contributed by atoms with E-state index in [0.29, 0.717) is 6.04 Å². The van der Waals surface area contributed by atoms with Crippen LogP contribution in [0.1, 0.15) is 97.5 Å². The first-order valence-electron chi connectivity index (χ1n) is 11.0. The fourth-order valence-corrected chi connectivity index (χ4v) is 3.89. The zero-order valence-corrected chi connectivity index (χ0v) is 17.4. The molecule has 1 aromatic carbocycles. The van der Waals surface area contributed by atoms with Crippen molar-refractivity contribution in [2.45, 2.75) is 104 Å². The summed E-state index contributed by atoms with van der Waals surface area (Å²) in [7, 11) is 0. The van der Waals surface area contributed by atoms with Crippen molar-refractivity contribution in [2.75, 3.05) is 0 Å². The van der Waals surface area contributed by atoms with Gasteiger partial charge >= 0.3 is 0 Å². The molecule has 2 unspecified atom stereocenters. The molecule has 1 heteroatoms. The highest BCUT2D eigenvalue weighted by atomic mass is 14.9. The first kappa shape index (κ1) is 22.2. The number of unbranched alkanes of at least 4 members (excludes halogenated alkanes) is 2. The molecule has 0 amide bonds. The quantitative estimate of drug-likeness (QED) is 0.350. The van der Waals surface area contributed by atoms with Crippen LogP contribution in [0.4, 0.5) is 0 Å². The third-order valence-corrected chi connectivity index (χ3v) is 5.76. The highest BCUT2D eigenvalue weighted by Crippen LogP contribution is 2.25. The van der Waals surface area contributed by atoms with Crippen molar-refractivity contribution in [3.8, 4) is 0 Å². The zero-order valence-electron chi connectivity index (χ0n) is 17.4. The van der Waals surface area contributed by atoms with Crippen LogP contribution in [0.5, 0.6) is 0 Å². The van der Waals surface area contributed by atoms with Gasteiger partial charge in [0.25, 0.3) is 0 Å². The Hall–Kier alpha value is -0.820. The number of nitrogens with one attached hydrogen (secondary N) is 1. The lowest BCUT2D eigenvalue weighted by Gasteiger charge is -2.28. The largest absolute Gasteiger partial charge is 0.310 e. The number of hydrogen-bond donors (Lipinski definition) is 1. The highest BCUT2D eigenvalue weighted by Gasteiger charge is 2.19. The van der Waals surface area contributed by atoms with Crippen LogP contribution in [-0.4, -0.2) is 6.04 Å². The summed E-state index contributed by atoms with van der Waals surface area (Å²) in [5.41, 5.74) is 1.41. The van der Waals surface area contributed by atoms with Gasteiger partial charge in [-0.3, -0.25) is 0 Å². The van der Waals surface area contributed by atoms with Crippen LogP contribution in [0.3, 0.4) is 0 Å². The molecule has 1 rings (SSSR count). The van der Waals surface area contributed by atoms with Crippen LogP contribution < -0.4 is 5.32 Å². The van der Waals surface area contributed by atoms with E-state index in [1.54, 1.807) is 0 Å². The summed E-state index contributed by atoms with van der Waals surface area (Å²) < 4.78 is 0. The van der Waals surface area contributed by atoms with E-state index in [2.05, 4.69) is 63.3 Å². The number of hydrogen-bond acceptors (Lipinski definition) is 1. The normalized spacial score (nSPS) is 15.0. The minimum absolute atomic E-state index is 0.670. The van der Waals surface area contributed by atoms with Gasteiger partial charge in [-0.2, -0.15) is 0 Å². The third kappa shape index (κ3) is 10.0. The SMILES string of the molecule is CCCCC(CC)CC(CC(CC)CCCC)NCc1ccccc1. The zero-order chi connectivity index (χ0) is 18.3. The second kappa shape index (κ2) is 14.4. The number of benzene rings is 1. The Morgan fingerprint density at radius 1 is 0.760 bits per heavy atom. The fourth-order valence-electron chi connectivity index (χ4n) is 3.89. The lowest BCUT2D eigenvalue weighted by Crippen LogP contribution is -2.33. The first-order valence-corrected chi connectivity index (χ1v) is 11.0. The second-order valence-corrected chi connectivity index (χ2v) is 7.87. The van der Waals surface area contributed by atoms with E-state index < -0.39 is 0 Å². The lowest BCUT2D eigenvalue weighted by molar-refractivity contribution is 0.287. The minimum atomic E-state index is 0.670. The molecule has 0 saturated heterocycles. The predicted octanol–water partition coefficient (Wildman–Crippen LogP) is 7.36. The molecule has 0 aliphatic rings. The monoisotopic (exact) mass is 345 g/mol. The number of rotatable bonds is 15. The lowest BCUT2D eigenvalue weighted by atomic mass is 9.85. The van der Waals surface area contributed by atoms with Gasteiger partial charge in [-0.05, 0) is 30.2 Å². The van der Waals surface area contributed by atoms with Gasteiger partial charge in [0, 0.05) is 12.6 Å². The average Bonchev–Trinajstić information content (AvgIpc) is 2.66. The molecule has 0 aromatic heterocycles. The average molecular weight is 346 g/mol. The molecule has 0 saturated carbocycles. The summed E-state index contributed by atoms with van der Waals surface area (Å²) in [6, 6.07) is 11.6. The van der Waals surface area contributed by atoms with E-state index in [9.17, 15) is 0 Å². The van der Waals surface area contributed by atoms with Crippen molar-refractivity contribution >= 4 is 0 Å². The topological polar surface area (TPSA) is 12.0 Å². The van der Waals surface area contributed by atoms with Gasteiger partial charge in [0.2, 0.25) is 0 Å². The van der Waals surface area contributed by atoms with Gasteiger partial charge in [-0.25, -0.2) is 0 Å². The Labute approximate surface area is 158 Å². The molecule has 1 N–H and O–H groups in total. The Morgan fingerprint density at radius 2 is 1.28 bits per heavy atom. The maximum atomic E-state index is 3.92. The van der Waals surface area contributed by atoms with Gasteiger partial charge in [0.15, 0.2) is 0 Å². The van der Waals surface area contributed by atoms with Crippen molar-refractivity contribution in [2.24, 2.45) is 11.8 Å². The molecule has 0 heterocycles. The van der Waals surface area contributed by atoms with Gasteiger partial charge in [0.1, 0.15) is 0 Å². The molecule has 0 aliphatic heterocycles. The molecular weight excluding hydrogens is 302 g/mol. The molecule has 0 radical (unpaired) electrons. The standard InChI is InChI=1S/C24H43N/c1-5-9-14-21(7-3)18-24(19-22(8-4)15-10-6-2)25-20-23-16-12-11-13-17-23/h11-13,16-17,21-22,24-25H,5-10,14-15,18-20H2,1-4H3. The molecule has 1 aromatic rings. The summed E-state index contributed by atoms with van der Waals surface area (Å²) in [6.45, 7) is 10.4. The molecule has 0 aliphatic carbocycles. The molecule has 1 nitrogen and oxygen atoms in total. The van der Waals surface area contributed by atoms with Crippen LogP contribution in [0.2, 0.25) is 0 Å². The smallest absolute Gasteiger partial charge is 0.0208 e. The first-order chi connectivity index (χ1) is 12.2. The fraction of sp³-hybridized carbons (Fsp3) is 0.750. The molecule has 2 atom stereocenters. The van der Waals surface area contributed by atoms with Crippen LogP contribution in [0, 0.1) is 11.8 Å². The molecule has 0 spiro atoms.